The summed E-state index contributed by atoms with van der Waals surface area (Å²) in [5.74, 6) is -0.125. The lowest BCUT2D eigenvalue weighted by atomic mass is 10.1. The average molecular weight is 350 g/mol. The van der Waals surface area contributed by atoms with E-state index in [1.54, 1.807) is 19.1 Å². The maximum absolute atomic E-state index is 11.6. The zero-order valence-electron chi connectivity index (χ0n) is 11.6. The van der Waals surface area contributed by atoms with E-state index in [2.05, 4.69) is 5.32 Å². The lowest BCUT2D eigenvalue weighted by molar-refractivity contribution is -0.138. The van der Waals surface area contributed by atoms with Crippen molar-refractivity contribution in [1.82, 2.24) is 5.32 Å². The Labute approximate surface area is 138 Å². The summed E-state index contributed by atoms with van der Waals surface area (Å²) in [7, 11) is 0. The molecule has 1 atom stereocenters. The number of benzene rings is 1. The van der Waals surface area contributed by atoms with E-state index < -0.39 is 5.97 Å². The van der Waals surface area contributed by atoms with E-state index in [1.165, 1.54) is 11.8 Å². The fourth-order valence-electron chi connectivity index (χ4n) is 1.60. The van der Waals surface area contributed by atoms with Crippen molar-refractivity contribution in [3.8, 4) is 0 Å². The van der Waals surface area contributed by atoms with Crippen LogP contribution in [-0.4, -0.2) is 29.3 Å². The van der Waals surface area contributed by atoms with Crippen molar-refractivity contribution in [2.75, 3.05) is 12.3 Å². The molecular formula is C14H17Cl2NO3S. The van der Waals surface area contributed by atoms with Gasteiger partial charge in [-0.05, 0) is 23.6 Å². The number of halogens is 2. The van der Waals surface area contributed by atoms with Gasteiger partial charge in [-0.25, -0.2) is 0 Å². The second kappa shape index (κ2) is 9.18. The number of carboxylic acids is 1. The number of hydrogen-bond donors (Lipinski definition) is 2. The molecule has 21 heavy (non-hydrogen) atoms. The Balaban J connectivity index is 2.26. The minimum Gasteiger partial charge on any atom is -0.481 e. The summed E-state index contributed by atoms with van der Waals surface area (Å²) in [6.45, 7) is 2.16. The number of rotatable bonds is 8. The first-order valence-electron chi connectivity index (χ1n) is 6.38. The summed E-state index contributed by atoms with van der Waals surface area (Å²) in [5.41, 5.74) is 0.929. The van der Waals surface area contributed by atoms with Crippen LogP contribution in [0, 0.1) is 5.92 Å². The van der Waals surface area contributed by atoms with Crippen LogP contribution in [0.25, 0.3) is 0 Å². The molecule has 0 saturated carbocycles. The first-order valence-corrected chi connectivity index (χ1v) is 8.29. The monoisotopic (exact) mass is 349 g/mol. The Morgan fingerprint density at radius 2 is 2.10 bits per heavy atom. The fraction of sp³-hybridized carbons (Fsp3) is 0.429. The topological polar surface area (TPSA) is 66.4 Å². The summed E-state index contributed by atoms with van der Waals surface area (Å²) in [4.78, 5) is 22.1. The molecule has 0 saturated heterocycles. The van der Waals surface area contributed by atoms with Crippen LogP contribution in [0.1, 0.15) is 18.9 Å². The molecule has 1 amide bonds. The fourth-order valence-corrected chi connectivity index (χ4v) is 3.02. The molecule has 0 fully saturated rings. The van der Waals surface area contributed by atoms with Crippen LogP contribution < -0.4 is 5.32 Å². The highest BCUT2D eigenvalue weighted by Crippen LogP contribution is 2.24. The van der Waals surface area contributed by atoms with Gasteiger partial charge in [0.2, 0.25) is 5.91 Å². The molecule has 7 heteroatoms. The summed E-state index contributed by atoms with van der Waals surface area (Å²) >= 11 is 13.3. The van der Waals surface area contributed by atoms with Gasteiger partial charge in [0, 0.05) is 28.8 Å². The molecule has 0 aliphatic carbocycles. The molecule has 0 spiro atoms. The highest BCUT2D eigenvalue weighted by atomic mass is 35.5. The van der Waals surface area contributed by atoms with Crippen molar-refractivity contribution >= 4 is 46.8 Å². The Morgan fingerprint density at radius 3 is 2.71 bits per heavy atom. The van der Waals surface area contributed by atoms with Gasteiger partial charge in [-0.2, -0.15) is 0 Å². The quantitative estimate of drug-likeness (QED) is 0.754. The molecule has 2 N–H and O–H groups in total. The van der Waals surface area contributed by atoms with Crippen molar-refractivity contribution in [2.24, 2.45) is 5.92 Å². The van der Waals surface area contributed by atoms with Crippen LogP contribution in [0.5, 0.6) is 0 Å². The Morgan fingerprint density at radius 1 is 1.38 bits per heavy atom. The highest BCUT2D eigenvalue weighted by Gasteiger charge is 2.10. The van der Waals surface area contributed by atoms with Gasteiger partial charge in [0.1, 0.15) is 0 Å². The standard InChI is InChI=1S/C14H17Cl2NO3S/c1-9(4-14(19)20)6-17-13(18)8-21-7-10-2-3-11(15)5-12(10)16/h2-3,5,9H,4,6-8H2,1H3,(H,17,18)(H,19,20). The van der Waals surface area contributed by atoms with E-state index >= 15 is 0 Å². The molecular weight excluding hydrogens is 333 g/mol. The first kappa shape index (κ1) is 18.1. The van der Waals surface area contributed by atoms with Crippen molar-refractivity contribution in [1.29, 1.82) is 0 Å². The third-order valence-electron chi connectivity index (χ3n) is 2.68. The SMILES string of the molecule is CC(CNC(=O)CSCc1ccc(Cl)cc1Cl)CC(=O)O. The highest BCUT2D eigenvalue weighted by molar-refractivity contribution is 7.99. The van der Waals surface area contributed by atoms with Gasteiger partial charge in [0.05, 0.1) is 5.75 Å². The molecule has 1 aromatic rings. The molecule has 0 radical (unpaired) electrons. The maximum Gasteiger partial charge on any atom is 0.303 e. The lowest BCUT2D eigenvalue weighted by Crippen LogP contribution is -2.30. The molecule has 0 bridgehead atoms. The van der Waals surface area contributed by atoms with Gasteiger partial charge < -0.3 is 10.4 Å². The van der Waals surface area contributed by atoms with E-state index in [0.29, 0.717) is 28.1 Å². The van der Waals surface area contributed by atoms with Gasteiger partial charge in [-0.15, -0.1) is 11.8 Å². The molecule has 0 aliphatic heterocycles. The number of aliphatic carboxylic acids is 1. The molecule has 4 nitrogen and oxygen atoms in total. The van der Waals surface area contributed by atoms with Crippen molar-refractivity contribution in [3.63, 3.8) is 0 Å². The molecule has 0 aliphatic rings. The molecule has 0 aromatic heterocycles. The smallest absolute Gasteiger partial charge is 0.303 e. The van der Waals surface area contributed by atoms with E-state index in [4.69, 9.17) is 28.3 Å². The van der Waals surface area contributed by atoms with Gasteiger partial charge in [0.15, 0.2) is 0 Å². The second-order valence-corrected chi connectivity index (χ2v) is 6.56. The number of carboxylic acid groups (broad SMARTS) is 1. The minimum atomic E-state index is -0.858. The Kier molecular flexibility index (Phi) is 7.93. The number of carbonyl (C=O) groups is 2. The Hall–Kier alpha value is -0.910. The van der Waals surface area contributed by atoms with Gasteiger partial charge >= 0.3 is 5.97 Å². The number of amides is 1. The largest absolute Gasteiger partial charge is 0.481 e. The van der Waals surface area contributed by atoms with Crippen LogP contribution in [0.4, 0.5) is 0 Å². The minimum absolute atomic E-state index is 0.0494. The van der Waals surface area contributed by atoms with Crippen LogP contribution in [0.3, 0.4) is 0 Å². The van der Waals surface area contributed by atoms with E-state index in [1.807, 2.05) is 6.07 Å². The van der Waals surface area contributed by atoms with Gasteiger partial charge in [-0.1, -0.05) is 36.2 Å². The molecule has 0 heterocycles. The molecule has 116 valence electrons. The lowest BCUT2D eigenvalue weighted by Gasteiger charge is -2.10. The number of nitrogens with one attached hydrogen (secondary N) is 1. The molecule has 1 aromatic carbocycles. The van der Waals surface area contributed by atoms with Crippen LogP contribution in [-0.2, 0) is 15.3 Å². The van der Waals surface area contributed by atoms with Gasteiger partial charge in [0.25, 0.3) is 0 Å². The zero-order valence-corrected chi connectivity index (χ0v) is 13.9. The number of hydrogen-bond acceptors (Lipinski definition) is 3. The third kappa shape index (κ3) is 7.60. The summed E-state index contributed by atoms with van der Waals surface area (Å²) in [6, 6.07) is 5.27. The second-order valence-electron chi connectivity index (χ2n) is 4.74. The summed E-state index contributed by atoms with van der Waals surface area (Å²) in [5, 5.41) is 12.5. The van der Waals surface area contributed by atoms with Crippen LogP contribution in [0.2, 0.25) is 10.0 Å². The van der Waals surface area contributed by atoms with Crippen LogP contribution >= 0.6 is 35.0 Å². The summed E-state index contributed by atoms with van der Waals surface area (Å²) < 4.78 is 0. The number of carbonyl (C=O) groups excluding carboxylic acids is 1. The number of thioether (sulfide) groups is 1. The summed E-state index contributed by atoms with van der Waals surface area (Å²) in [6.07, 6.45) is 0.0494. The van der Waals surface area contributed by atoms with Crippen molar-refractivity contribution < 1.29 is 14.7 Å². The van der Waals surface area contributed by atoms with Crippen LogP contribution in [0.15, 0.2) is 18.2 Å². The Bertz CT molecular complexity index is 511. The van der Waals surface area contributed by atoms with E-state index in [0.717, 1.165) is 5.56 Å². The first-order chi connectivity index (χ1) is 9.88. The normalized spacial score (nSPS) is 12.0. The van der Waals surface area contributed by atoms with Crippen molar-refractivity contribution in [3.05, 3.63) is 33.8 Å². The molecule has 1 rings (SSSR count). The third-order valence-corrected chi connectivity index (χ3v) is 4.24. The van der Waals surface area contributed by atoms with E-state index in [9.17, 15) is 9.59 Å². The van der Waals surface area contributed by atoms with E-state index in [-0.39, 0.29) is 18.2 Å². The van der Waals surface area contributed by atoms with Gasteiger partial charge in [-0.3, -0.25) is 9.59 Å². The zero-order chi connectivity index (χ0) is 15.8. The maximum atomic E-state index is 11.6. The average Bonchev–Trinajstić information content (AvgIpc) is 2.38. The predicted molar refractivity (Wildman–Crippen MR) is 87.1 cm³/mol. The van der Waals surface area contributed by atoms with Crippen molar-refractivity contribution in [2.45, 2.75) is 19.1 Å². The predicted octanol–water partition coefficient (Wildman–Crippen LogP) is 3.45. The molecule has 1 unspecified atom stereocenters.